The second-order valence-electron chi connectivity index (χ2n) is 3.47. The van der Waals surface area contributed by atoms with Crippen LogP contribution in [0.2, 0.25) is 0 Å². The van der Waals surface area contributed by atoms with Crippen LogP contribution in [0.3, 0.4) is 0 Å². The van der Waals surface area contributed by atoms with Crippen molar-refractivity contribution in [3.8, 4) is 0 Å². The van der Waals surface area contributed by atoms with Crippen LogP contribution >= 0.6 is 0 Å². The third-order valence-electron chi connectivity index (χ3n) is 1.95. The summed E-state index contributed by atoms with van der Waals surface area (Å²) in [7, 11) is -3.50. The van der Waals surface area contributed by atoms with E-state index in [1.807, 2.05) is 0 Å². The number of aryl methyl sites for hydroxylation is 1. The molecule has 0 heterocycles. The van der Waals surface area contributed by atoms with Crippen LogP contribution in [0.1, 0.15) is 12.5 Å². The lowest BCUT2D eigenvalue weighted by Crippen LogP contribution is -2.31. The molecular weight excluding hydrogens is 214 g/mol. The van der Waals surface area contributed by atoms with Crippen LogP contribution < -0.4 is 4.72 Å². The summed E-state index contributed by atoms with van der Waals surface area (Å²) < 4.78 is 25.8. The summed E-state index contributed by atoms with van der Waals surface area (Å²) in [5.74, 6) is 0. The van der Waals surface area contributed by atoms with Gasteiger partial charge in [-0.3, -0.25) is 0 Å². The molecule has 0 saturated heterocycles. The lowest BCUT2D eigenvalue weighted by Gasteiger charge is -2.09. The van der Waals surface area contributed by atoms with Gasteiger partial charge >= 0.3 is 0 Å². The maximum atomic E-state index is 11.7. The molecule has 0 radical (unpaired) electrons. The summed E-state index contributed by atoms with van der Waals surface area (Å²) in [6.45, 7) is 3.29. The number of aliphatic hydroxyl groups excluding tert-OH is 1. The molecule has 0 bridgehead atoms. The van der Waals surface area contributed by atoms with Gasteiger partial charge in [-0.2, -0.15) is 0 Å². The monoisotopic (exact) mass is 229 g/mol. The van der Waals surface area contributed by atoms with Crippen molar-refractivity contribution in [3.05, 3.63) is 29.8 Å². The Bertz CT molecular complexity index is 426. The number of aliphatic hydroxyl groups is 1. The third-order valence-corrected chi connectivity index (χ3v) is 3.54. The molecule has 0 aliphatic heterocycles. The minimum Gasteiger partial charge on any atom is -0.392 e. The SMILES string of the molecule is Cc1ccccc1S(=O)(=O)NC[C@H](C)O. The van der Waals surface area contributed by atoms with E-state index in [9.17, 15) is 8.42 Å². The first kappa shape index (κ1) is 12.2. The average molecular weight is 229 g/mol. The molecule has 1 atom stereocenters. The molecule has 84 valence electrons. The molecule has 2 N–H and O–H groups in total. The Kier molecular flexibility index (Phi) is 3.84. The number of hydrogen-bond donors (Lipinski definition) is 2. The van der Waals surface area contributed by atoms with Crippen LogP contribution in [-0.2, 0) is 10.0 Å². The molecule has 0 fully saturated rings. The van der Waals surface area contributed by atoms with Gasteiger partial charge in [0.1, 0.15) is 0 Å². The van der Waals surface area contributed by atoms with Crippen LogP contribution in [0, 0.1) is 6.92 Å². The smallest absolute Gasteiger partial charge is 0.240 e. The molecule has 1 aromatic carbocycles. The van der Waals surface area contributed by atoms with Gasteiger partial charge < -0.3 is 5.11 Å². The average Bonchev–Trinajstić information content (AvgIpc) is 2.15. The molecule has 0 amide bonds. The highest BCUT2D eigenvalue weighted by Crippen LogP contribution is 2.13. The van der Waals surface area contributed by atoms with Gasteiger partial charge in [0, 0.05) is 6.54 Å². The Morgan fingerprint density at radius 1 is 1.40 bits per heavy atom. The predicted molar refractivity (Wildman–Crippen MR) is 58.0 cm³/mol. The molecule has 1 rings (SSSR count). The van der Waals surface area contributed by atoms with Crippen molar-refractivity contribution in [3.63, 3.8) is 0 Å². The molecular formula is C10H15NO3S. The highest BCUT2D eigenvalue weighted by Gasteiger charge is 2.15. The van der Waals surface area contributed by atoms with Crippen molar-refractivity contribution in [1.29, 1.82) is 0 Å². The van der Waals surface area contributed by atoms with Gasteiger partial charge in [0.25, 0.3) is 0 Å². The quantitative estimate of drug-likeness (QED) is 0.797. The zero-order valence-electron chi connectivity index (χ0n) is 8.77. The fourth-order valence-corrected chi connectivity index (χ4v) is 2.53. The number of rotatable bonds is 4. The van der Waals surface area contributed by atoms with E-state index in [1.54, 1.807) is 31.2 Å². The zero-order chi connectivity index (χ0) is 11.5. The fourth-order valence-electron chi connectivity index (χ4n) is 1.17. The van der Waals surface area contributed by atoms with Crippen molar-refractivity contribution in [2.45, 2.75) is 24.8 Å². The van der Waals surface area contributed by atoms with E-state index in [0.717, 1.165) is 0 Å². The van der Waals surface area contributed by atoms with Crippen LogP contribution in [0.25, 0.3) is 0 Å². The second-order valence-corrected chi connectivity index (χ2v) is 5.20. The van der Waals surface area contributed by atoms with Crippen molar-refractivity contribution in [2.24, 2.45) is 0 Å². The Labute approximate surface area is 90.0 Å². The van der Waals surface area contributed by atoms with Gasteiger partial charge in [-0.05, 0) is 25.5 Å². The first-order valence-electron chi connectivity index (χ1n) is 4.67. The van der Waals surface area contributed by atoms with E-state index in [-0.39, 0.29) is 11.4 Å². The Morgan fingerprint density at radius 2 is 2.00 bits per heavy atom. The van der Waals surface area contributed by atoms with Gasteiger partial charge in [-0.15, -0.1) is 0 Å². The molecule has 0 spiro atoms. The fraction of sp³-hybridized carbons (Fsp3) is 0.400. The Balaban J connectivity index is 2.92. The van der Waals surface area contributed by atoms with Crippen LogP contribution in [0.4, 0.5) is 0 Å². The topological polar surface area (TPSA) is 66.4 Å². The van der Waals surface area contributed by atoms with Gasteiger partial charge in [0.05, 0.1) is 11.0 Å². The Morgan fingerprint density at radius 3 is 2.53 bits per heavy atom. The molecule has 0 unspecified atom stereocenters. The van der Waals surface area contributed by atoms with Crippen LogP contribution in [-0.4, -0.2) is 26.2 Å². The highest BCUT2D eigenvalue weighted by atomic mass is 32.2. The maximum Gasteiger partial charge on any atom is 0.240 e. The molecule has 0 aromatic heterocycles. The highest BCUT2D eigenvalue weighted by molar-refractivity contribution is 7.89. The summed E-state index contributed by atoms with van der Waals surface area (Å²) >= 11 is 0. The van der Waals surface area contributed by atoms with E-state index < -0.39 is 16.1 Å². The third kappa shape index (κ3) is 3.30. The van der Waals surface area contributed by atoms with Crippen molar-refractivity contribution < 1.29 is 13.5 Å². The number of sulfonamides is 1. The van der Waals surface area contributed by atoms with E-state index in [2.05, 4.69) is 4.72 Å². The van der Waals surface area contributed by atoms with Crippen molar-refractivity contribution >= 4 is 10.0 Å². The van der Waals surface area contributed by atoms with Gasteiger partial charge in [0.15, 0.2) is 0 Å². The minimum atomic E-state index is -3.50. The van der Waals surface area contributed by atoms with Gasteiger partial charge in [0.2, 0.25) is 10.0 Å². The second kappa shape index (κ2) is 4.74. The van der Waals surface area contributed by atoms with Crippen molar-refractivity contribution in [1.82, 2.24) is 4.72 Å². The normalized spacial score (nSPS) is 13.8. The predicted octanol–water partition coefficient (Wildman–Crippen LogP) is 0.654. The molecule has 4 nitrogen and oxygen atoms in total. The summed E-state index contributed by atoms with van der Waals surface area (Å²) in [4.78, 5) is 0.255. The molecule has 0 saturated carbocycles. The van der Waals surface area contributed by atoms with Gasteiger partial charge in [-0.1, -0.05) is 18.2 Å². The first-order chi connectivity index (χ1) is 6.93. The minimum absolute atomic E-state index is 0.0245. The van der Waals surface area contributed by atoms with E-state index in [4.69, 9.17) is 5.11 Å². The molecule has 1 aromatic rings. The summed E-state index contributed by atoms with van der Waals surface area (Å²) in [6.07, 6.45) is -0.691. The van der Waals surface area contributed by atoms with Crippen molar-refractivity contribution in [2.75, 3.05) is 6.54 Å². The lowest BCUT2D eigenvalue weighted by molar-refractivity contribution is 0.198. The van der Waals surface area contributed by atoms with E-state index >= 15 is 0 Å². The summed E-state index contributed by atoms with van der Waals surface area (Å²) in [5, 5.41) is 9.00. The standard InChI is InChI=1S/C10H15NO3S/c1-8-5-3-4-6-10(8)15(13,14)11-7-9(2)12/h3-6,9,11-12H,7H2,1-2H3/t9-/m0/s1. The van der Waals surface area contributed by atoms with Gasteiger partial charge in [-0.25, -0.2) is 13.1 Å². The Hall–Kier alpha value is -0.910. The van der Waals surface area contributed by atoms with Crippen LogP contribution in [0.15, 0.2) is 29.2 Å². The lowest BCUT2D eigenvalue weighted by atomic mass is 10.2. The first-order valence-corrected chi connectivity index (χ1v) is 6.15. The number of nitrogens with one attached hydrogen (secondary N) is 1. The van der Waals surface area contributed by atoms with E-state index in [1.165, 1.54) is 6.92 Å². The summed E-state index contributed by atoms with van der Waals surface area (Å²) in [5.41, 5.74) is 0.690. The zero-order valence-corrected chi connectivity index (χ0v) is 9.58. The van der Waals surface area contributed by atoms with Crippen LogP contribution in [0.5, 0.6) is 0 Å². The largest absolute Gasteiger partial charge is 0.392 e. The van der Waals surface area contributed by atoms with E-state index in [0.29, 0.717) is 5.56 Å². The maximum absolute atomic E-state index is 11.7. The molecule has 0 aliphatic rings. The molecule has 0 aliphatic carbocycles. The number of benzene rings is 1. The molecule has 5 heteroatoms. The summed E-state index contributed by atoms with van der Waals surface area (Å²) in [6, 6.07) is 6.73. The number of hydrogen-bond acceptors (Lipinski definition) is 3. The molecule has 15 heavy (non-hydrogen) atoms.